The number of rotatable bonds is 1. The average molecular weight is 308 g/mol. The van der Waals surface area contributed by atoms with Crippen LogP contribution in [0.15, 0.2) is 18.2 Å². The van der Waals surface area contributed by atoms with Crippen molar-refractivity contribution >= 4 is 16.8 Å². The number of hydrogen-bond acceptors (Lipinski definition) is 2. The summed E-state index contributed by atoms with van der Waals surface area (Å²) in [4.78, 5) is 20.2. The van der Waals surface area contributed by atoms with Crippen LogP contribution in [-0.4, -0.2) is 28.4 Å². The molecule has 1 saturated heterocycles. The van der Waals surface area contributed by atoms with E-state index in [1.165, 1.54) is 31.2 Å². The standard InChI is InChI=1S/C20H24N2O/c1-12-7-8-18-17(9-12)19(13(2)14(3)21-18)20(23)22-11-15-5-4-6-16(22)10-15/h7-9,15-16H,4-6,10-11H2,1-3H3. The molecule has 0 radical (unpaired) electrons. The lowest BCUT2D eigenvalue weighted by molar-refractivity contribution is 0.0734. The second-order valence-corrected chi connectivity index (χ2v) is 7.36. The van der Waals surface area contributed by atoms with Crippen LogP contribution in [0.5, 0.6) is 0 Å². The van der Waals surface area contributed by atoms with Gasteiger partial charge < -0.3 is 4.90 Å². The van der Waals surface area contributed by atoms with Crippen LogP contribution in [-0.2, 0) is 0 Å². The number of pyridine rings is 1. The fraction of sp³-hybridized carbons (Fsp3) is 0.500. The molecule has 1 saturated carbocycles. The van der Waals surface area contributed by atoms with E-state index in [4.69, 9.17) is 0 Å². The molecule has 2 bridgehead atoms. The minimum Gasteiger partial charge on any atom is -0.335 e. The van der Waals surface area contributed by atoms with Gasteiger partial charge in [-0.2, -0.15) is 0 Å². The van der Waals surface area contributed by atoms with E-state index in [-0.39, 0.29) is 5.91 Å². The summed E-state index contributed by atoms with van der Waals surface area (Å²) < 4.78 is 0. The first-order valence-corrected chi connectivity index (χ1v) is 8.73. The fourth-order valence-corrected chi connectivity index (χ4v) is 4.40. The summed E-state index contributed by atoms with van der Waals surface area (Å²) in [6.45, 7) is 7.07. The van der Waals surface area contributed by atoms with Gasteiger partial charge in [0.05, 0.1) is 11.1 Å². The van der Waals surface area contributed by atoms with Crippen LogP contribution in [0.1, 0.15) is 52.9 Å². The highest BCUT2D eigenvalue weighted by Gasteiger charge is 2.38. The Morgan fingerprint density at radius 1 is 1.22 bits per heavy atom. The lowest BCUT2D eigenvalue weighted by Gasteiger charge is -2.26. The third kappa shape index (κ3) is 2.34. The molecule has 0 spiro atoms. The maximum atomic E-state index is 13.4. The molecule has 2 unspecified atom stereocenters. The molecule has 1 aromatic carbocycles. The van der Waals surface area contributed by atoms with Gasteiger partial charge in [-0.1, -0.05) is 18.1 Å². The molecule has 1 aliphatic carbocycles. The number of benzene rings is 1. The maximum absolute atomic E-state index is 13.4. The Bertz CT molecular complexity index is 796. The van der Waals surface area contributed by atoms with Crippen molar-refractivity contribution in [2.24, 2.45) is 5.92 Å². The summed E-state index contributed by atoms with van der Waals surface area (Å²) in [6, 6.07) is 6.68. The second kappa shape index (κ2) is 5.33. The van der Waals surface area contributed by atoms with E-state index in [0.29, 0.717) is 12.0 Å². The van der Waals surface area contributed by atoms with Gasteiger partial charge in [-0.25, -0.2) is 0 Å². The molecule has 2 fully saturated rings. The Kier molecular flexibility index (Phi) is 3.40. The van der Waals surface area contributed by atoms with Gasteiger partial charge in [0, 0.05) is 23.7 Å². The molecule has 23 heavy (non-hydrogen) atoms. The van der Waals surface area contributed by atoms with Gasteiger partial charge in [0.2, 0.25) is 0 Å². The van der Waals surface area contributed by atoms with Gasteiger partial charge in [-0.3, -0.25) is 9.78 Å². The predicted molar refractivity (Wildman–Crippen MR) is 92.7 cm³/mol. The van der Waals surface area contributed by atoms with Crippen molar-refractivity contribution in [3.8, 4) is 0 Å². The van der Waals surface area contributed by atoms with Gasteiger partial charge in [0.1, 0.15) is 0 Å². The Morgan fingerprint density at radius 2 is 2.04 bits per heavy atom. The first kappa shape index (κ1) is 14.7. The minimum atomic E-state index is 0.220. The quantitative estimate of drug-likeness (QED) is 0.792. The number of fused-ring (bicyclic) bond motifs is 3. The summed E-state index contributed by atoms with van der Waals surface area (Å²) in [5.41, 5.74) is 4.99. The third-order valence-electron chi connectivity index (χ3n) is 5.75. The highest BCUT2D eigenvalue weighted by Crippen LogP contribution is 2.37. The largest absolute Gasteiger partial charge is 0.335 e. The topological polar surface area (TPSA) is 33.2 Å². The molecule has 3 nitrogen and oxygen atoms in total. The molecule has 120 valence electrons. The summed E-state index contributed by atoms with van der Waals surface area (Å²) >= 11 is 0. The van der Waals surface area contributed by atoms with Gasteiger partial charge in [0.15, 0.2) is 0 Å². The molecular weight excluding hydrogens is 284 g/mol. The predicted octanol–water partition coefficient (Wildman–Crippen LogP) is 4.17. The van der Waals surface area contributed by atoms with Crippen molar-refractivity contribution < 1.29 is 4.79 Å². The minimum absolute atomic E-state index is 0.220. The molecule has 1 aliphatic heterocycles. The number of aromatic nitrogens is 1. The molecule has 2 aromatic rings. The monoisotopic (exact) mass is 308 g/mol. The fourth-order valence-electron chi connectivity index (χ4n) is 4.40. The van der Waals surface area contributed by atoms with Crippen molar-refractivity contribution in [1.82, 2.24) is 9.88 Å². The highest BCUT2D eigenvalue weighted by molar-refractivity contribution is 6.08. The number of carbonyl (C=O) groups is 1. The number of carbonyl (C=O) groups excluding carboxylic acids is 1. The summed E-state index contributed by atoms with van der Waals surface area (Å²) in [5, 5.41) is 1.01. The van der Waals surface area contributed by atoms with Crippen molar-refractivity contribution in [2.75, 3.05) is 6.54 Å². The molecule has 1 aromatic heterocycles. The van der Waals surface area contributed by atoms with Crippen LogP contribution in [0.2, 0.25) is 0 Å². The van der Waals surface area contributed by atoms with Gasteiger partial charge in [0.25, 0.3) is 5.91 Å². The number of amides is 1. The van der Waals surface area contributed by atoms with Crippen molar-refractivity contribution in [1.29, 1.82) is 0 Å². The SMILES string of the molecule is Cc1ccc2nc(C)c(C)c(C(=O)N3CC4CCCC3C4)c2c1. The van der Waals surface area contributed by atoms with Crippen LogP contribution in [0.4, 0.5) is 0 Å². The maximum Gasteiger partial charge on any atom is 0.255 e. The van der Waals surface area contributed by atoms with Gasteiger partial charge >= 0.3 is 0 Å². The molecule has 2 atom stereocenters. The average Bonchev–Trinajstić information content (AvgIpc) is 2.83. The number of hydrogen-bond donors (Lipinski definition) is 0. The smallest absolute Gasteiger partial charge is 0.255 e. The zero-order chi connectivity index (χ0) is 16.1. The molecule has 2 aliphatic rings. The molecule has 0 N–H and O–H groups in total. The summed E-state index contributed by atoms with van der Waals surface area (Å²) in [6.07, 6.45) is 4.93. The second-order valence-electron chi connectivity index (χ2n) is 7.36. The number of nitrogens with zero attached hydrogens (tertiary/aromatic N) is 2. The Labute approximate surface area is 137 Å². The van der Waals surface area contributed by atoms with Crippen LogP contribution >= 0.6 is 0 Å². The lowest BCUT2D eigenvalue weighted by atomic mass is 9.90. The molecule has 4 rings (SSSR count). The third-order valence-corrected chi connectivity index (χ3v) is 5.75. The van der Waals surface area contributed by atoms with E-state index >= 15 is 0 Å². The van der Waals surface area contributed by atoms with E-state index in [0.717, 1.165) is 34.3 Å². The Balaban J connectivity index is 1.85. The zero-order valence-electron chi connectivity index (χ0n) is 14.2. The molecule has 1 amide bonds. The normalized spacial score (nSPS) is 23.5. The van der Waals surface area contributed by atoms with E-state index in [1.807, 2.05) is 19.9 Å². The zero-order valence-corrected chi connectivity index (χ0v) is 14.2. The van der Waals surface area contributed by atoms with E-state index in [2.05, 4.69) is 28.9 Å². The van der Waals surface area contributed by atoms with Crippen molar-refractivity contribution in [3.05, 3.63) is 40.6 Å². The van der Waals surface area contributed by atoms with Crippen LogP contribution in [0, 0.1) is 26.7 Å². The van der Waals surface area contributed by atoms with Crippen LogP contribution < -0.4 is 0 Å². The van der Waals surface area contributed by atoms with Crippen LogP contribution in [0.3, 0.4) is 0 Å². The Hall–Kier alpha value is -1.90. The Morgan fingerprint density at radius 3 is 2.83 bits per heavy atom. The lowest BCUT2D eigenvalue weighted by Crippen LogP contribution is -2.35. The van der Waals surface area contributed by atoms with Crippen molar-refractivity contribution in [2.45, 2.75) is 52.5 Å². The van der Waals surface area contributed by atoms with Gasteiger partial charge in [-0.05, 0) is 63.6 Å². The molecule has 3 heteroatoms. The van der Waals surface area contributed by atoms with E-state index in [9.17, 15) is 4.79 Å². The molecule has 2 heterocycles. The first-order valence-electron chi connectivity index (χ1n) is 8.73. The van der Waals surface area contributed by atoms with E-state index < -0.39 is 0 Å². The number of aryl methyl sites for hydroxylation is 2. The first-order chi connectivity index (χ1) is 11.0. The van der Waals surface area contributed by atoms with Crippen LogP contribution in [0.25, 0.3) is 10.9 Å². The van der Waals surface area contributed by atoms with Gasteiger partial charge in [-0.15, -0.1) is 0 Å². The summed E-state index contributed by atoms with van der Waals surface area (Å²) in [7, 11) is 0. The molecular formula is C20H24N2O. The van der Waals surface area contributed by atoms with E-state index in [1.54, 1.807) is 0 Å². The van der Waals surface area contributed by atoms with Crippen molar-refractivity contribution in [3.63, 3.8) is 0 Å². The number of likely N-dealkylation sites (tertiary alicyclic amines) is 1. The highest BCUT2D eigenvalue weighted by atomic mass is 16.2. The summed E-state index contributed by atoms with van der Waals surface area (Å²) in [5.74, 6) is 0.937.